The third-order valence-corrected chi connectivity index (χ3v) is 6.53. The SMILES string of the molecule is CCCCOCCCCOc1ccc(-c2ccc3c(c2)OC(CC(F)(F)C(F)(F)C(F)(F)C(F)(F)C(F)(F)C(F)(F)F)O3)cn1. The molecule has 2 aromatic rings. The average Bonchev–Trinajstić information content (AvgIpc) is 3.34. The van der Waals surface area contributed by atoms with Crippen molar-refractivity contribution in [3.63, 3.8) is 0 Å². The van der Waals surface area contributed by atoms with Gasteiger partial charge in [0.15, 0.2) is 11.5 Å². The van der Waals surface area contributed by atoms with Gasteiger partial charge < -0.3 is 18.9 Å². The van der Waals surface area contributed by atoms with E-state index in [1.54, 1.807) is 6.07 Å². The minimum atomic E-state index is -7.97. The van der Waals surface area contributed by atoms with Crippen LogP contribution in [0.2, 0.25) is 0 Å². The molecule has 0 bridgehead atoms. The van der Waals surface area contributed by atoms with Crippen molar-refractivity contribution in [1.29, 1.82) is 0 Å². The predicted octanol–water partition coefficient (Wildman–Crippen LogP) is 8.95. The van der Waals surface area contributed by atoms with Crippen LogP contribution in [0, 0.1) is 0 Å². The van der Waals surface area contributed by atoms with E-state index in [1.165, 1.54) is 18.3 Å². The van der Waals surface area contributed by atoms with Gasteiger partial charge in [0.2, 0.25) is 12.2 Å². The molecule has 0 radical (unpaired) electrons. The number of rotatable bonds is 16. The molecule has 0 amide bonds. The summed E-state index contributed by atoms with van der Waals surface area (Å²) in [7, 11) is 0. The number of unbranched alkanes of at least 4 members (excludes halogenated alkanes) is 2. The van der Waals surface area contributed by atoms with Crippen LogP contribution in [0.1, 0.15) is 39.0 Å². The van der Waals surface area contributed by atoms with E-state index in [-0.39, 0.29) is 11.6 Å². The van der Waals surface area contributed by atoms with E-state index in [4.69, 9.17) is 18.9 Å². The van der Waals surface area contributed by atoms with Crippen LogP contribution in [0.3, 0.4) is 0 Å². The summed E-state index contributed by atoms with van der Waals surface area (Å²) in [5, 5.41) is 0. The number of halogens is 13. The molecule has 0 aliphatic carbocycles. The highest BCUT2D eigenvalue weighted by molar-refractivity contribution is 5.67. The molecule has 18 heteroatoms. The number of alkyl halides is 13. The van der Waals surface area contributed by atoms with Crippen LogP contribution >= 0.6 is 0 Å². The van der Waals surface area contributed by atoms with Gasteiger partial charge in [-0.25, -0.2) is 4.98 Å². The fourth-order valence-electron chi connectivity index (χ4n) is 3.88. The fourth-order valence-corrected chi connectivity index (χ4v) is 3.88. The zero-order valence-corrected chi connectivity index (χ0v) is 23.2. The van der Waals surface area contributed by atoms with E-state index in [1.807, 2.05) is 6.92 Å². The first-order chi connectivity index (χ1) is 20.7. The van der Waals surface area contributed by atoms with Crippen molar-refractivity contribution in [1.82, 2.24) is 4.98 Å². The number of benzene rings is 1. The van der Waals surface area contributed by atoms with Crippen molar-refractivity contribution >= 4 is 0 Å². The zero-order valence-electron chi connectivity index (χ0n) is 23.2. The Morgan fingerprint density at radius 1 is 0.667 bits per heavy atom. The molecule has 0 fully saturated rings. The molecule has 1 aromatic heterocycles. The molecule has 5 nitrogen and oxygen atoms in total. The molecule has 0 spiro atoms. The normalized spacial score (nSPS) is 16.3. The van der Waals surface area contributed by atoms with Crippen molar-refractivity contribution in [3.8, 4) is 28.5 Å². The Bertz CT molecular complexity index is 1270. The van der Waals surface area contributed by atoms with E-state index in [0.29, 0.717) is 37.4 Å². The van der Waals surface area contributed by atoms with Crippen molar-refractivity contribution < 1.29 is 76.0 Å². The number of fused-ring (bicyclic) bond motifs is 1. The van der Waals surface area contributed by atoms with Gasteiger partial charge in [0.05, 0.1) is 13.0 Å². The van der Waals surface area contributed by atoms with Crippen LogP contribution in [0.15, 0.2) is 36.5 Å². The summed E-state index contributed by atoms with van der Waals surface area (Å²) in [4.78, 5) is 4.11. The highest BCUT2D eigenvalue weighted by Gasteiger charge is 2.90. The molecule has 45 heavy (non-hydrogen) atoms. The summed E-state index contributed by atoms with van der Waals surface area (Å²) < 4.78 is 195. The lowest BCUT2D eigenvalue weighted by atomic mass is 9.92. The van der Waals surface area contributed by atoms with Crippen LogP contribution in [0.4, 0.5) is 57.1 Å². The number of nitrogens with zero attached hydrogens (tertiary/aromatic N) is 1. The summed E-state index contributed by atoms with van der Waals surface area (Å²) in [5.41, 5.74) is 0.713. The molecule has 1 aromatic carbocycles. The lowest BCUT2D eigenvalue weighted by Crippen LogP contribution is -2.70. The Morgan fingerprint density at radius 2 is 1.24 bits per heavy atom. The van der Waals surface area contributed by atoms with Gasteiger partial charge in [0.1, 0.15) is 0 Å². The first-order valence-corrected chi connectivity index (χ1v) is 13.3. The van der Waals surface area contributed by atoms with Gasteiger partial charge in [-0.3, -0.25) is 0 Å². The Labute approximate surface area is 247 Å². The predicted molar refractivity (Wildman–Crippen MR) is 131 cm³/mol. The summed E-state index contributed by atoms with van der Waals surface area (Å²) >= 11 is 0. The first kappa shape index (κ1) is 36.3. The molecule has 1 unspecified atom stereocenters. The van der Waals surface area contributed by atoms with Gasteiger partial charge >= 0.3 is 35.8 Å². The molecule has 0 saturated carbocycles. The molecule has 2 heterocycles. The molecule has 3 rings (SSSR count). The number of aromatic nitrogens is 1. The third kappa shape index (κ3) is 7.30. The zero-order chi connectivity index (χ0) is 33.9. The number of hydrogen-bond donors (Lipinski definition) is 0. The van der Waals surface area contributed by atoms with Crippen LogP contribution in [0.5, 0.6) is 17.4 Å². The summed E-state index contributed by atoms with van der Waals surface area (Å²) in [5.74, 6) is -37.9. The maximum atomic E-state index is 14.3. The van der Waals surface area contributed by atoms with Crippen LogP contribution in [-0.4, -0.2) is 66.9 Å². The van der Waals surface area contributed by atoms with Crippen molar-refractivity contribution in [3.05, 3.63) is 36.5 Å². The van der Waals surface area contributed by atoms with E-state index in [2.05, 4.69) is 4.98 Å². The summed E-state index contributed by atoms with van der Waals surface area (Å²) in [6, 6.07) is 6.62. The molecule has 1 aliphatic rings. The van der Waals surface area contributed by atoms with Crippen molar-refractivity contribution in [2.75, 3.05) is 19.8 Å². The minimum absolute atomic E-state index is 0.269. The van der Waals surface area contributed by atoms with Gasteiger partial charge in [-0.05, 0) is 43.0 Å². The van der Waals surface area contributed by atoms with Crippen LogP contribution in [0.25, 0.3) is 11.1 Å². The van der Waals surface area contributed by atoms with E-state index < -0.39 is 54.2 Å². The second-order valence-corrected chi connectivity index (χ2v) is 9.94. The van der Waals surface area contributed by atoms with Gasteiger partial charge in [-0.15, -0.1) is 0 Å². The molecular formula is C27H26F13NO4. The summed E-state index contributed by atoms with van der Waals surface area (Å²) in [6.07, 6.45) is -7.84. The smallest absolute Gasteiger partial charge is 0.460 e. The quantitative estimate of drug-likeness (QED) is 0.131. The molecule has 254 valence electrons. The molecular weight excluding hydrogens is 649 g/mol. The Morgan fingerprint density at radius 3 is 1.84 bits per heavy atom. The molecule has 0 N–H and O–H groups in total. The second kappa shape index (κ2) is 13.3. The van der Waals surface area contributed by atoms with Gasteiger partial charge in [-0.1, -0.05) is 19.4 Å². The van der Waals surface area contributed by atoms with Crippen LogP contribution in [-0.2, 0) is 4.74 Å². The Kier molecular flexibility index (Phi) is 10.7. The van der Waals surface area contributed by atoms with Crippen LogP contribution < -0.4 is 14.2 Å². The van der Waals surface area contributed by atoms with E-state index in [0.717, 1.165) is 31.4 Å². The van der Waals surface area contributed by atoms with Gasteiger partial charge in [0, 0.05) is 31.0 Å². The molecule has 1 aliphatic heterocycles. The van der Waals surface area contributed by atoms with E-state index >= 15 is 0 Å². The Balaban J connectivity index is 1.64. The molecule has 0 saturated heterocycles. The first-order valence-electron chi connectivity index (χ1n) is 13.3. The van der Waals surface area contributed by atoms with Gasteiger partial charge in [0.25, 0.3) is 0 Å². The number of hydrogen-bond acceptors (Lipinski definition) is 5. The van der Waals surface area contributed by atoms with Crippen molar-refractivity contribution in [2.45, 2.75) is 81.1 Å². The number of pyridine rings is 1. The van der Waals surface area contributed by atoms with E-state index in [9.17, 15) is 57.1 Å². The standard InChI is InChI=1S/C27H26F13NO4/c1-2-3-10-42-11-4-5-12-43-20-9-7-17(15-41-20)16-6-8-18-19(13-16)45-21(44-18)14-22(28,29)23(30,31)24(32,33)25(34,35)26(36,37)27(38,39)40/h6-9,13,15,21H,2-5,10-12,14H2,1H3. The average molecular weight is 675 g/mol. The maximum Gasteiger partial charge on any atom is 0.460 e. The lowest BCUT2D eigenvalue weighted by Gasteiger charge is -2.39. The fraction of sp³-hybridized carbons (Fsp3) is 0.593. The van der Waals surface area contributed by atoms with Gasteiger partial charge in [-0.2, -0.15) is 57.1 Å². The minimum Gasteiger partial charge on any atom is -0.478 e. The second-order valence-electron chi connectivity index (χ2n) is 9.94. The lowest BCUT2D eigenvalue weighted by molar-refractivity contribution is -0.441. The highest BCUT2D eigenvalue weighted by atomic mass is 19.4. The largest absolute Gasteiger partial charge is 0.478 e. The number of ether oxygens (including phenoxy) is 4. The highest BCUT2D eigenvalue weighted by Crippen LogP contribution is 2.61. The topological polar surface area (TPSA) is 49.8 Å². The third-order valence-electron chi connectivity index (χ3n) is 6.53. The monoisotopic (exact) mass is 675 g/mol. The summed E-state index contributed by atoms with van der Waals surface area (Å²) in [6.45, 7) is 3.67. The molecule has 1 atom stereocenters. The van der Waals surface area contributed by atoms with Crippen molar-refractivity contribution in [2.24, 2.45) is 0 Å². The maximum absolute atomic E-state index is 14.3. The Hall–Kier alpha value is -3.18.